The molecular formula is C16H28N2. The van der Waals surface area contributed by atoms with Crippen molar-refractivity contribution in [3.8, 4) is 0 Å². The monoisotopic (exact) mass is 248 g/mol. The largest absolute Gasteiger partial charge is 0.326 e. The molecule has 18 heavy (non-hydrogen) atoms. The quantitative estimate of drug-likeness (QED) is 0.836. The first-order valence-corrected chi connectivity index (χ1v) is 6.94. The summed E-state index contributed by atoms with van der Waals surface area (Å²) in [7, 11) is 2.18. The minimum Gasteiger partial charge on any atom is -0.326 e. The molecule has 0 spiro atoms. The van der Waals surface area contributed by atoms with Crippen LogP contribution in [0.2, 0.25) is 0 Å². The van der Waals surface area contributed by atoms with Crippen molar-refractivity contribution in [3.05, 3.63) is 35.4 Å². The van der Waals surface area contributed by atoms with E-state index in [1.54, 1.807) is 0 Å². The topological polar surface area (TPSA) is 29.3 Å². The average Bonchev–Trinajstić information content (AvgIpc) is 2.29. The maximum absolute atomic E-state index is 6.20. The van der Waals surface area contributed by atoms with Crippen LogP contribution < -0.4 is 5.73 Å². The Morgan fingerprint density at radius 3 is 2.28 bits per heavy atom. The molecule has 0 heterocycles. The third kappa shape index (κ3) is 4.11. The molecule has 1 aromatic rings. The fourth-order valence-corrected chi connectivity index (χ4v) is 2.44. The van der Waals surface area contributed by atoms with E-state index in [4.69, 9.17) is 5.73 Å². The van der Waals surface area contributed by atoms with Crippen LogP contribution in [0.3, 0.4) is 0 Å². The first-order chi connectivity index (χ1) is 8.43. The molecule has 102 valence electrons. The van der Waals surface area contributed by atoms with Crippen molar-refractivity contribution in [1.82, 2.24) is 4.90 Å². The highest BCUT2D eigenvalue weighted by Crippen LogP contribution is 2.25. The summed E-state index contributed by atoms with van der Waals surface area (Å²) in [6, 6.07) is 9.02. The number of rotatable bonds is 6. The summed E-state index contributed by atoms with van der Waals surface area (Å²) in [5.41, 5.74) is 8.89. The van der Waals surface area contributed by atoms with E-state index < -0.39 is 0 Å². The van der Waals surface area contributed by atoms with Crippen LogP contribution in [-0.2, 0) is 0 Å². The molecule has 0 aromatic heterocycles. The Kier molecular flexibility index (Phi) is 5.83. The summed E-state index contributed by atoms with van der Waals surface area (Å²) in [6.45, 7) is 9.90. The van der Waals surface area contributed by atoms with Gasteiger partial charge in [-0.15, -0.1) is 0 Å². The number of aryl methyl sites for hydroxylation is 1. The van der Waals surface area contributed by atoms with Crippen molar-refractivity contribution in [1.29, 1.82) is 0 Å². The molecule has 1 aromatic carbocycles. The van der Waals surface area contributed by atoms with Gasteiger partial charge >= 0.3 is 0 Å². The molecule has 0 saturated carbocycles. The summed E-state index contributed by atoms with van der Waals surface area (Å²) in [4.78, 5) is 2.40. The maximum Gasteiger partial charge on any atom is 0.0496 e. The number of likely N-dealkylation sites (N-methyl/N-ethyl adjacent to an activating group) is 1. The fourth-order valence-electron chi connectivity index (χ4n) is 2.44. The molecule has 2 unspecified atom stereocenters. The summed E-state index contributed by atoms with van der Waals surface area (Å²) in [5.74, 6) is 0.734. The predicted molar refractivity (Wildman–Crippen MR) is 79.7 cm³/mol. The van der Waals surface area contributed by atoms with E-state index >= 15 is 0 Å². The Balaban J connectivity index is 2.86. The first-order valence-electron chi connectivity index (χ1n) is 6.94. The minimum atomic E-state index is 0.142. The van der Waals surface area contributed by atoms with Gasteiger partial charge in [0.15, 0.2) is 0 Å². The Bertz CT molecular complexity index is 358. The normalized spacial score (nSPS) is 15.1. The third-order valence-corrected chi connectivity index (χ3v) is 3.54. The molecule has 0 fully saturated rings. The summed E-state index contributed by atoms with van der Waals surface area (Å²) in [6.07, 6.45) is 1.21. The van der Waals surface area contributed by atoms with E-state index in [2.05, 4.69) is 63.9 Å². The van der Waals surface area contributed by atoms with Crippen LogP contribution >= 0.6 is 0 Å². The second-order valence-electron chi connectivity index (χ2n) is 5.82. The lowest BCUT2D eigenvalue weighted by atomic mass is 9.95. The minimum absolute atomic E-state index is 0.142. The predicted octanol–water partition coefficient (Wildman–Crippen LogP) is 3.36. The van der Waals surface area contributed by atoms with Gasteiger partial charge in [-0.25, -0.2) is 0 Å². The van der Waals surface area contributed by atoms with Crippen LogP contribution in [0.15, 0.2) is 24.3 Å². The van der Waals surface area contributed by atoms with E-state index in [0.717, 1.165) is 12.5 Å². The molecule has 1 rings (SSSR count). The molecule has 2 atom stereocenters. The highest BCUT2D eigenvalue weighted by molar-refractivity contribution is 5.29. The van der Waals surface area contributed by atoms with Crippen LogP contribution in [0.1, 0.15) is 44.4 Å². The molecule has 0 radical (unpaired) electrons. The van der Waals surface area contributed by atoms with Crippen molar-refractivity contribution < 1.29 is 0 Å². The first kappa shape index (κ1) is 15.2. The Morgan fingerprint density at radius 2 is 1.78 bits per heavy atom. The zero-order chi connectivity index (χ0) is 13.7. The Hall–Kier alpha value is -0.860. The van der Waals surface area contributed by atoms with Crippen molar-refractivity contribution in [2.24, 2.45) is 11.7 Å². The van der Waals surface area contributed by atoms with Gasteiger partial charge in [-0.1, -0.05) is 38.1 Å². The zero-order valence-corrected chi connectivity index (χ0v) is 12.5. The molecule has 2 heteroatoms. The highest BCUT2D eigenvalue weighted by Gasteiger charge is 2.22. The molecule has 0 amide bonds. The van der Waals surface area contributed by atoms with E-state index in [-0.39, 0.29) is 6.04 Å². The van der Waals surface area contributed by atoms with Gasteiger partial charge in [0.05, 0.1) is 0 Å². The Labute approximate surface area is 112 Å². The van der Waals surface area contributed by atoms with Crippen LogP contribution in [-0.4, -0.2) is 24.5 Å². The average molecular weight is 248 g/mol. The van der Waals surface area contributed by atoms with Gasteiger partial charge in [-0.3, -0.25) is 4.90 Å². The molecular weight excluding hydrogens is 220 g/mol. The molecule has 2 nitrogen and oxygen atoms in total. The van der Waals surface area contributed by atoms with E-state index in [1.165, 1.54) is 17.5 Å². The van der Waals surface area contributed by atoms with Crippen LogP contribution in [0.25, 0.3) is 0 Å². The lowest BCUT2D eigenvalue weighted by Crippen LogP contribution is -2.38. The lowest BCUT2D eigenvalue weighted by Gasteiger charge is -2.33. The summed E-state index contributed by atoms with van der Waals surface area (Å²) in [5, 5.41) is 0. The molecule has 0 saturated heterocycles. The SMILES string of the molecule is Cc1ccccc1C(C(C)N)N(C)CCC(C)C. The van der Waals surface area contributed by atoms with Gasteiger partial charge in [-0.05, 0) is 50.9 Å². The Morgan fingerprint density at radius 1 is 1.17 bits per heavy atom. The zero-order valence-electron chi connectivity index (χ0n) is 12.5. The van der Waals surface area contributed by atoms with E-state index in [0.29, 0.717) is 6.04 Å². The van der Waals surface area contributed by atoms with Gasteiger partial charge in [0.2, 0.25) is 0 Å². The summed E-state index contributed by atoms with van der Waals surface area (Å²) >= 11 is 0. The number of nitrogens with two attached hydrogens (primary N) is 1. The molecule has 0 aliphatic carbocycles. The smallest absolute Gasteiger partial charge is 0.0496 e. The fraction of sp³-hybridized carbons (Fsp3) is 0.625. The summed E-state index contributed by atoms with van der Waals surface area (Å²) < 4.78 is 0. The van der Waals surface area contributed by atoms with Gasteiger partial charge in [0, 0.05) is 12.1 Å². The lowest BCUT2D eigenvalue weighted by molar-refractivity contribution is 0.207. The van der Waals surface area contributed by atoms with E-state index in [9.17, 15) is 0 Å². The maximum atomic E-state index is 6.20. The van der Waals surface area contributed by atoms with Gasteiger partial charge in [0.1, 0.15) is 0 Å². The van der Waals surface area contributed by atoms with Crippen molar-refractivity contribution >= 4 is 0 Å². The van der Waals surface area contributed by atoms with Gasteiger partial charge in [-0.2, -0.15) is 0 Å². The van der Waals surface area contributed by atoms with Gasteiger partial charge in [0.25, 0.3) is 0 Å². The van der Waals surface area contributed by atoms with Crippen LogP contribution in [0.4, 0.5) is 0 Å². The van der Waals surface area contributed by atoms with Crippen LogP contribution in [0, 0.1) is 12.8 Å². The molecule has 2 N–H and O–H groups in total. The van der Waals surface area contributed by atoms with Crippen LogP contribution in [0.5, 0.6) is 0 Å². The second kappa shape index (κ2) is 6.91. The number of nitrogens with zero attached hydrogens (tertiary/aromatic N) is 1. The number of hydrogen-bond acceptors (Lipinski definition) is 2. The molecule has 0 aliphatic heterocycles. The highest BCUT2D eigenvalue weighted by atomic mass is 15.1. The molecule has 0 aliphatic rings. The van der Waals surface area contributed by atoms with Crippen molar-refractivity contribution in [2.45, 2.75) is 46.2 Å². The second-order valence-corrected chi connectivity index (χ2v) is 5.82. The van der Waals surface area contributed by atoms with Crippen molar-refractivity contribution in [2.75, 3.05) is 13.6 Å². The third-order valence-electron chi connectivity index (χ3n) is 3.54. The van der Waals surface area contributed by atoms with E-state index in [1.807, 2.05) is 0 Å². The molecule has 0 bridgehead atoms. The number of hydrogen-bond donors (Lipinski definition) is 1. The number of benzene rings is 1. The van der Waals surface area contributed by atoms with Gasteiger partial charge < -0.3 is 5.73 Å². The van der Waals surface area contributed by atoms with Crippen molar-refractivity contribution in [3.63, 3.8) is 0 Å². The standard InChI is InChI=1S/C16H28N2/c1-12(2)10-11-18(5)16(14(4)17)15-9-7-6-8-13(15)3/h6-9,12,14,16H,10-11,17H2,1-5H3.